The third kappa shape index (κ3) is 5.71. The summed E-state index contributed by atoms with van der Waals surface area (Å²) in [5, 5.41) is 6.01. The number of hydrogen-bond donors (Lipinski definition) is 2. The van der Waals surface area contributed by atoms with Gasteiger partial charge in [0.2, 0.25) is 5.91 Å². The van der Waals surface area contributed by atoms with Crippen molar-refractivity contribution < 1.29 is 14.4 Å². The van der Waals surface area contributed by atoms with Crippen molar-refractivity contribution in [3.8, 4) is 0 Å². The molecule has 1 atom stereocenters. The summed E-state index contributed by atoms with van der Waals surface area (Å²) in [7, 11) is 3.27. The Balaban J connectivity index is 2.22. The lowest BCUT2D eigenvalue weighted by Crippen LogP contribution is -2.47. The van der Waals surface area contributed by atoms with E-state index in [0.29, 0.717) is 16.3 Å². The Morgan fingerprint density at radius 1 is 0.966 bits per heavy atom. The summed E-state index contributed by atoms with van der Waals surface area (Å²) < 4.78 is 0. The molecule has 0 aliphatic heterocycles. The predicted molar refractivity (Wildman–Crippen MR) is 116 cm³/mol. The fourth-order valence-corrected chi connectivity index (χ4v) is 3.01. The molecule has 154 valence electrons. The summed E-state index contributed by atoms with van der Waals surface area (Å²) in [6.45, 7) is 3.62. The maximum absolute atomic E-state index is 12.9. The topological polar surface area (TPSA) is 78.5 Å². The number of benzene rings is 2. The van der Waals surface area contributed by atoms with Crippen LogP contribution in [0.3, 0.4) is 0 Å². The fourth-order valence-electron chi connectivity index (χ4n) is 2.62. The highest BCUT2D eigenvalue weighted by molar-refractivity contribution is 6.34. The van der Waals surface area contributed by atoms with Crippen LogP contribution in [-0.4, -0.2) is 42.8 Å². The van der Waals surface area contributed by atoms with Crippen molar-refractivity contribution in [2.45, 2.75) is 19.9 Å². The zero-order valence-electron chi connectivity index (χ0n) is 16.6. The molecule has 2 aromatic rings. The van der Waals surface area contributed by atoms with Crippen LogP contribution in [0.15, 0.2) is 42.5 Å². The molecule has 0 bridgehead atoms. The van der Waals surface area contributed by atoms with E-state index in [1.54, 1.807) is 50.5 Å². The molecule has 3 amide bonds. The van der Waals surface area contributed by atoms with Crippen molar-refractivity contribution in [1.82, 2.24) is 10.2 Å². The van der Waals surface area contributed by atoms with Gasteiger partial charge in [-0.2, -0.15) is 0 Å². The SMILES string of the molecule is CC(C)C(NC(=O)c1ccccc1Cl)C(=O)Nc1cc(C(=O)N(C)C)ccc1Cl. The second-order valence-electron chi connectivity index (χ2n) is 7.06. The summed E-state index contributed by atoms with van der Waals surface area (Å²) in [4.78, 5) is 39.0. The van der Waals surface area contributed by atoms with E-state index in [2.05, 4.69) is 10.6 Å². The Hall–Kier alpha value is -2.57. The predicted octanol–water partition coefficient (Wildman–Crippen LogP) is 4.09. The van der Waals surface area contributed by atoms with E-state index in [9.17, 15) is 14.4 Å². The van der Waals surface area contributed by atoms with Crippen molar-refractivity contribution in [3.05, 3.63) is 63.6 Å². The highest BCUT2D eigenvalue weighted by Crippen LogP contribution is 2.24. The average molecular weight is 436 g/mol. The maximum Gasteiger partial charge on any atom is 0.253 e. The normalized spacial score (nSPS) is 11.7. The molecule has 0 spiro atoms. The highest BCUT2D eigenvalue weighted by atomic mass is 35.5. The van der Waals surface area contributed by atoms with Gasteiger partial charge in [0.25, 0.3) is 11.8 Å². The third-order valence-corrected chi connectivity index (χ3v) is 4.89. The van der Waals surface area contributed by atoms with E-state index in [1.165, 1.54) is 11.0 Å². The molecule has 0 aliphatic carbocycles. The Kier molecular flexibility index (Phi) is 7.65. The average Bonchev–Trinajstić information content (AvgIpc) is 2.66. The zero-order chi connectivity index (χ0) is 21.7. The molecule has 0 radical (unpaired) electrons. The number of hydrogen-bond acceptors (Lipinski definition) is 3. The summed E-state index contributed by atoms with van der Waals surface area (Å²) in [6.07, 6.45) is 0. The minimum Gasteiger partial charge on any atom is -0.345 e. The van der Waals surface area contributed by atoms with Gasteiger partial charge >= 0.3 is 0 Å². The number of nitrogens with one attached hydrogen (secondary N) is 2. The van der Waals surface area contributed by atoms with Gasteiger partial charge in [0.1, 0.15) is 6.04 Å². The van der Waals surface area contributed by atoms with Crippen molar-refractivity contribution in [2.24, 2.45) is 5.92 Å². The molecule has 6 nitrogen and oxygen atoms in total. The van der Waals surface area contributed by atoms with Crippen LogP contribution < -0.4 is 10.6 Å². The molecular formula is C21H23Cl2N3O3. The molecule has 0 fully saturated rings. The highest BCUT2D eigenvalue weighted by Gasteiger charge is 2.26. The summed E-state index contributed by atoms with van der Waals surface area (Å²) in [5.41, 5.74) is 0.960. The number of nitrogens with zero attached hydrogens (tertiary/aromatic N) is 1. The Labute approximate surface area is 180 Å². The smallest absolute Gasteiger partial charge is 0.253 e. The van der Waals surface area contributed by atoms with E-state index in [0.717, 1.165) is 0 Å². The van der Waals surface area contributed by atoms with Crippen LogP contribution in [-0.2, 0) is 4.79 Å². The molecule has 0 saturated heterocycles. The molecule has 1 unspecified atom stereocenters. The monoisotopic (exact) mass is 435 g/mol. The number of halogens is 2. The molecule has 2 rings (SSSR count). The lowest BCUT2D eigenvalue weighted by Gasteiger charge is -2.22. The number of amides is 3. The van der Waals surface area contributed by atoms with Gasteiger partial charge in [-0.1, -0.05) is 49.2 Å². The lowest BCUT2D eigenvalue weighted by atomic mass is 10.0. The Bertz CT molecular complexity index is 929. The molecule has 8 heteroatoms. The van der Waals surface area contributed by atoms with Gasteiger partial charge in [0, 0.05) is 19.7 Å². The summed E-state index contributed by atoms with van der Waals surface area (Å²) in [6, 6.07) is 10.4. The molecule has 0 aliphatic rings. The molecule has 0 heterocycles. The first-order valence-electron chi connectivity index (χ1n) is 8.99. The van der Waals surface area contributed by atoms with Crippen molar-refractivity contribution in [2.75, 3.05) is 19.4 Å². The quantitative estimate of drug-likeness (QED) is 0.716. The maximum atomic E-state index is 12.9. The summed E-state index contributed by atoms with van der Waals surface area (Å²) in [5.74, 6) is -1.32. The summed E-state index contributed by atoms with van der Waals surface area (Å²) >= 11 is 12.3. The van der Waals surface area contributed by atoms with Gasteiger partial charge < -0.3 is 15.5 Å². The first-order valence-corrected chi connectivity index (χ1v) is 9.75. The van der Waals surface area contributed by atoms with Crippen molar-refractivity contribution in [3.63, 3.8) is 0 Å². The molecule has 2 N–H and O–H groups in total. The van der Waals surface area contributed by atoms with E-state index < -0.39 is 17.9 Å². The van der Waals surface area contributed by atoms with Crippen LogP contribution in [0.4, 0.5) is 5.69 Å². The fraction of sp³-hybridized carbons (Fsp3) is 0.286. The van der Waals surface area contributed by atoms with E-state index in [4.69, 9.17) is 23.2 Å². The molecule has 29 heavy (non-hydrogen) atoms. The number of carbonyl (C=O) groups excluding carboxylic acids is 3. The number of anilines is 1. The van der Waals surface area contributed by atoms with Crippen LogP contribution in [0, 0.1) is 5.92 Å². The van der Waals surface area contributed by atoms with E-state index >= 15 is 0 Å². The molecular weight excluding hydrogens is 413 g/mol. The van der Waals surface area contributed by atoms with Crippen LogP contribution in [0.1, 0.15) is 34.6 Å². The second-order valence-corrected chi connectivity index (χ2v) is 7.87. The largest absolute Gasteiger partial charge is 0.345 e. The zero-order valence-corrected chi connectivity index (χ0v) is 18.1. The minimum atomic E-state index is -0.831. The number of rotatable bonds is 6. The third-order valence-electron chi connectivity index (χ3n) is 4.23. The van der Waals surface area contributed by atoms with E-state index in [1.807, 2.05) is 13.8 Å². The van der Waals surface area contributed by atoms with Crippen LogP contribution in [0.5, 0.6) is 0 Å². The van der Waals surface area contributed by atoms with Gasteiger partial charge in [-0.05, 0) is 36.2 Å². The molecule has 0 aromatic heterocycles. The van der Waals surface area contributed by atoms with Crippen molar-refractivity contribution >= 4 is 46.6 Å². The van der Waals surface area contributed by atoms with Gasteiger partial charge in [-0.25, -0.2) is 0 Å². The first kappa shape index (κ1) is 22.7. The molecule has 2 aromatic carbocycles. The van der Waals surface area contributed by atoms with E-state index in [-0.39, 0.29) is 22.4 Å². The van der Waals surface area contributed by atoms with Crippen LogP contribution in [0.25, 0.3) is 0 Å². The van der Waals surface area contributed by atoms with Crippen molar-refractivity contribution in [1.29, 1.82) is 0 Å². The van der Waals surface area contributed by atoms with Crippen LogP contribution in [0.2, 0.25) is 10.0 Å². The van der Waals surface area contributed by atoms with Gasteiger partial charge in [-0.15, -0.1) is 0 Å². The minimum absolute atomic E-state index is 0.202. The number of carbonyl (C=O) groups is 3. The van der Waals surface area contributed by atoms with Crippen LogP contribution >= 0.6 is 23.2 Å². The van der Waals surface area contributed by atoms with Gasteiger partial charge in [0.05, 0.1) is 21.3 Å². The second kappa shape index (κ2) is 9.76. The Morgan fingerprint density at radius 2 is 1.62 bits per heavy atom. The standard InChI is InChI=1S/C21H23Cl2N3O3/c1-12(2)18(25-19(27)14-7-5-6-8-15(14)22)20(28)24-17-11-13(9-10-16(17)23)21(29)26(3)4/h5-12,18H,1-4H3,(H,24,28)(H,25,27). The molecule has 0 saturated carbocycles. The van der Waals surface area contributed by atoms with Gasteiger partial charge in [0.15, 0.2) is 0 Å². The van der Waals surface area contributed by atoms with Gasteiger partial charge in [-0.3, -0.25) is 14.4 Å². The first-order chi connectivity index (χ1) is 13.6. The lowest BCUT2D eigenvalue weighted by molar-refractivity contribution is -0.118. The Morgan fingerprint density at radius 3 is 2.21 bits per heavy atom.